The summed E-state index contributed by atoms with van der Waals surface area (Å²) in [6, 6.07) is 3.18. The standard InChI is InChI=1S/C10H16N4O2/c1-8-5-6-10(16)14(13-8)7-3-2-4-9(15)12-11/h5-6H,2-4,7,11H2,1H3,(H,12,15). The van der Waals surface area contributed by atoms with Crippen molar-refractivity contribution in [2.45, 2.75) is 32.7 Å². The topological polar surface area (TPSA) is 90.0 Å². The molecule has 16 heavy (non-hydrogen) atoms. The van der Waals surface area contributed by atoms with E-state index in [4.69, 9.17) is 5.84 Å². The van der Waals surface area contributed by atoms with Crippen LogP contribution in [-0.2, 0) is 11.3 Å². The van der Waals surface area contributed by atoms with Crippen LogP contribution in [0.4, 0.5) is 0 Å². The Labute approximate surface area is 93.4 Å². The van der Waals surface area contributed by atoms with Gasteiger partial charge in [-0.25, -0.2) is 10.5 Å². The summed E-state index contributed by atoms with van der Waals surface area (Å²) in [5, 5.41) is 4.09. The Morgan fingerprint density at radius 1 is 1.50 bits per heavy atom. The van der Waals surface area contributed by atoms with Gasteiger partial charge in [-0.15, -0.1) is 0 Å². The summed E-state index contributed by atoms with van der Waals surface area (Å²) in [5.74, 6) is 4.75. The summed E-state index contributed by atoms with van der Waals surface area (Å²) in [4.78, 5) is 22.2. The second-order valence-electron chi connectivity index (χ2n) is 3.56. The molecule has 1 aromatic heterocycles. The van der Waals surface area contributed by atoms with E-state index in [9.17, 15) is 9.59 Å². The van der Waals surface area contributed by atoms with Crippen molar-refractivity contribution in [3.8, 4) is 0 Å². The Bertz CT molecular complexity index is 414. The normalized spacial score (nSPS) is 10.1. The number of nitrogens with zero attached hydrogens (tertiary/aromatic N) is 2. The molecule has 0 saturated carbocycles. The molecule has 0 bridgehead atoms. The first-order valence-corrected chi connectivity index (χ1v) is 5.17. The fraction of sp³-hybridized carbons (Fsp3) is 0.500. The molecule has 0 atom stereocenters. The van der Waals surface area contributed by atoms with Crippen molar-refractivity contribution in [2.75, 3.05) is 0 Å². The average molecular weight is 224 g/mol. The van der Waals surface area contributed by atoms with Gasteiger partial charge < -0.3 is 0 Å². The summed E-state index contributed by atoms with van der Waals surface area (Å²) < 4.78 is 1.41. The number of hydrogen-bond donors (Lipinski definition) is 2. The highest BCUT2D eigenvalue weighted by Gasteiger charge is 2.00. The predicted octanol–water partition coefficient (Wildman–Crippen LogP) is -0.288. The van der Waals surface area contributed by atoms with Gasteiger partial charge in [-0.1, -0.05) is 0 Å². The number of aryl methyl sites for hydroxylation is 2. The van der Waals surface area contributed by atoms with Crippen LogP contribution in [0.2, 0.25) is 0 Å². The van der Waals surface area contributed by atoms with Crippen molar-refractivity contribution in [1.29, 1.82) is 0 Å². The highest BCUT2D eigenvalue weighted by Crippen LogP contribution is 1.97. The smallest absolute Gasteiger partial charge is 0.266 e. The Kier molecular flexibility index (Phi) is 4.65. The number of aromatic nitrogens is 2. The van der Waals surface area contributed by atoms with E-state index in [0.29, 0.717) is 19.4 Å². The molecule has 0 fully saturated rings. The van der Waals surface area contributed by atoms with Gasteiger partial charge in [0.25, 0.3) is 5.56 Å². The van der Waals surface area contributed by atoms with E-state index < -0.39 is 0 Å². The summed E-state index contributed by atoms with van der Waals surface area (Å²) in [6.07, 6.45) is 1.78. The molecule has 1 heterocycles. The van der Waals surface area contributed by atoms with Crippen LogP contribution >= 0.6 is 0 Å². The predicted molar refractivity (Wildman–Crippen MR) is 59.4 cm³/mol. The molecule has 0 saturated heterocycles. The van der Waals surface area contributed by atoms with Crippen molar-refractivity contribution < 1.29 is 4.79 Å². The van der Waals surface area contributed by atoms with Gasteiger partial charge >= 0.3 is 0 Å². The van der Waals surface area contributed by atoms with Crippen LogP contribution in [0.15, 0.2) is 16.9 Å². The zero-order valence-electron chi connectivity index (χ0n) is 9.27. The Balaban J connectivity index is 2.40. The van der Waals surface area contributed by atoms with Crippen LogP contribution in [0.1, 0.15) is 25.0 Å². The van der Waals surface area contributed by atoms with Crippen molar-refractivity contribution in [3.63, 3.8) is 0 Å². The van der Waals surface area contributed by atoms with Crippen LogP contribution in [0, 0.1) is 6.92 Å². The number of carbonyl (C=O) groups is 1. The summed E-state index contributed by atoms with van der Waals surface area (Å²) in [7, 11) is 0. The summed E-state index contributed by atoms with van der Waals surface area (Å²) in [5.41, 5.74) is 2.75. The molecule has 6 nitrogen and oxygen atoms in total. The maximum atomic E-state index is 11.4. The van der Waals surface area contributed by atoms with Crippen LogP contribution < -0.4 is 16.8 Å². The third-order valence-electron chi connectivity index (χ3n) is 2.18. The quantitative estimate of drug-likeness (QED) is 0.311. The molecule has 0 aromatic carbocycles. The van der Waals surface area contributed by atoms with Crippen molar-refractivity contribution in [1.82, 2.24) is 15.2 Å². The number of rotatable bonds is 5. The van der Waals surface area contributed by atoms with Crippen molar-refractivity contribution >= 4 is 5.91 Å². The monoisotopic (exact) mass is 224 g/mol. The lowest BCUT2D eigenvalue weighted by molar-refractivity contribution is -0.121. The molecular formula is C10H16N4O2. The van der Waals surface area contributed by atoms with Gasteiger partial charge in [-0.3, -0.25) is 15.0 Å². The SMILES string of the molecule is Cc1ccc(=O)n(CCCCC(=O)NN)n1. The minimum atomic E-state index is -0.190. The minimum absolute atomic E-state index is 0.117. The Morgan fingerprint density at radius 2 is 2.25 bits per heavy atom. The van der Waals surface area contributed by atoms with Gasteiger partial charge in [0.2, 0.25) is 5.91 Å². The van der Waals surface area contributed by atoms with E-state index in [1.54, 1.807) is 6.07 Å². The number of unbranched alkanes of at least 4 members (excludes halogenated alkanes) is 1. The van der Waals surface area contributed by atoms with E-state index in [-0.39, 0.29) is 11.5 Å². The second-order valence-corrected chi connectivity index (χ2v) is 3.56. The lowest BCUT2D eigenvalue weighted by atomic mass is 10.2. The van der Waals surface area contributed by atoms with Gasteiger partial charge in [0.15, 0.2) is 0 Å². The van der Waals surface area contributed by atoms with Crippen molar-refractivity contribution in [2.24, 2.45) is 5.84 Å². The number of hydrogen-bond acceptors (Lipinski definition) is 4. The van der Waals surface area contributed by atoms with Gasteiger partial charge in [-0.2, -0.15) is 5.10 Å². The maximum absolute atomic E-state index is 11.4. The molecule has 6 heteroatoms. The maximum Gasteiger partial charge on any atom is 0.266 e. The first-order chi connectivity index (χ1) is 7.63. The lowest BCUT2D eigenvalue weighted by Crippen LogP contribution is -2.29. The molecule has 3 N–H and O–H groups in total. The van der Waals surface area contributed by atoms with E-state index >= 15 is 0 Å². The molecule has 1 rings (SSSR count). The molecule has 0 spiro atoms. The number of carbonyl (C=O) groups excluding carboxylic acids is 1. The number of amides is 1. The van der Waals surface area contributed by atoms with Gasteiger partial charge in [0.05, 0.1) is 5.69 Å². The fourth-order valence-corrected chi connectivity index (χ4v) is 1.33. The molecule has 0 unspecified atom stereocenters. The first-order valence-electron chi connectivity index (χ1n) is 5.17. The number of hydrazine groups is 1. The molecule has 0 aliphatic carbocycles. The molecule has 0 radical (unpaired) electrons. The second kappa shape index (κ2) is 6.02. The third-order valence-corrected chi connectivity index (χ3v) is 2.18. The summed E-state index contributed by atoms with van der Waals surface area (Å²) in [6.45, 7) is 2.36. The number of nitrogens with two attached hydrogens (primary N) is 1. The van der Waals surface area contributed by atoms with Crippen LogP contribution in [-0.4, -0.2) is 15.7 Å². The van der Waals surface area contributed by atoms with Gasteiger partial charge in [0, 0.05) is 19.0 Å². The zero-order valence-corrected chi connectivity index (χ0v) is 9.27. The fourth-order valence-electron chi connectivity index (χ4n) is 1.33. The number of nitrogens with one attached hydrogen (secondary N) is 1. The highest BCUT2D eigenvalue weighted by atomic mass is 16.2. The van der Waals surface area contributed by atoms with E-state index in [2.05, 4.69) is 10.5 Å². The molecule has 1 aromatic rings. The van der Waals surface area contributed by atoms with E-state index in [1.807, 2.05) is 6.92 Å². The lowest BCUT2D eigenvalue weighted by Gasteiger charge is -2.04. The molecule has 88 valence electrons. The van der Waals surface area contributed by atoms with E-state index in [0.717, 1.165) is 12.1 Å². The summed E-state index contributed by atoms with van der Waals surface area (Å²) >= 11 is 0. The Hall–Kier alpha value is -1.69. The third kappa shape index (κ3) is 3.82. The zero-order chi connectivity index (χ0) is 12.0. The Morgan fingerprint density at radius 3 is 2.94 bits per heavy atom. The minimum Gasteiger partial charge on any atom is -0.294 e. The van der Waals surface area contributed by atoms with Crippen LogP contribution in [0.5, 0.6) is 0 Å². The van der Waals surface area contributed by atoms with Gasteiger partial charge in [-0.05, 0) is 25.8 Å². The van der Waals surface area contributed by atoms with Gasteiger partial charge in [0.1, 0.15) is 0 Å². The average Bonchev–Trinajstić information content (AvgIpc) is 2.28. The van der Waals surface area contributed by atoms with Crippen molar-refractivity contribution in [3.05, 3.63) is 28.2 Å². The first kappa shape index (κ1) is 12.4. The highest BCUT2D eigenvalue weighted by molar-refractivity contribution is 5.74. The molecule has 0 aliphatic heterocycles. The van der Waals surface area contributed by atoms with Crippen LogP contribution in [0.25, 0.3) is 0 Å². The van der Waals surface area contributed by atoms with Crippen LogP contribution in [0.3, 0.4) is 0 Å². The van der Waals surface area contributed by atoms with E-state index in [1.165, 1.54) is 10.7 Å². The molecule has 0 aliphatic rings. The largest absolute Gasteiger partial charge is 0.294 e. The molecular weight excluding hydrogens is 208 g/mol. The molecule has 1 amide bonds.